The number of hydrogen-bond acceptors (Lipinski definition) is 4. The first-order valence-corrected chi connectivity index (χ1v) is 7.62. The van der Waals surface area contributed by atoms with Crippen molar-refractivity contribution in [1.29, 1.82) is 0 Å². The van der Waals surface area contributed by atoms with Gasteiger partial charge in [-0.15, -0.1) is 0 Å². The van der Waals surface area contributed by atoms with E-state index in [1.54, 1.807) is 0 Å². The number of fused-ring (bicyclic) bond motifs is 1. The van der Waals surface area contributed by atoms with Gasteiger partial charge in [-0.2, -0.15) is 0 Å². The molecule has 3 rings (SSSR count). The topological polar surface area (TPSA) is 64.6 Å². The van der Waals surface area contributed by atoms with Gasteiger partial charge in [-0.3, -0.25) is 0 Å². The van der Waals surface area contributed by atoms with Crippen LogP contribution in [0.2, 0.25) is 0 Å². The highest BCUT2D eigenvalue weighted by Crippen LogP contribution is 2.33. The quantitative estimate of drug-likeness (QED) is 0.899. The Morgan fingerprint density at radius 1 is 1.32 bits per heavy atom. The Morgan fingerprint density at radius 3 is 2.79 bits per heavy atom. The number of nitrogens with one attached hydrogen (secondary N) is 1. The summed E-state index contributed by atoms with van der Waals surface area (Å²) < 4.78 is 50.3. The highest BCUT2D eigenvalue weighted by atomic mass is 32.2. The van der Waals surface area contributed by atoms with E-state index in [4.69, 9.17) is 9.47 Å². The van der Waals surface area contributed by atoms with Crippen LogP contribution in [0.1, 0.15) is 18.0 Å². The second-order valence-corrected chi connectivity index (χ2v) is 6.69. The Hall–Kier alpha value is -1.18. The van der Waals surface area contributed by atoms with Gasteiger partial charge in [0, 0.05) is 12.0 Å². The fourth-order valence-electron chi connectivity index (χ4n) is 2.18. The Kier molecular flexibility index (Phi) is 3.20. The second-order valence-electron chi connectivity index (χ2n) is 4.69. The predicted octanol–water partition coefficient (Wildman–Crippen LogP) is 0.968. The molecule has 0 amide bonds. The fraction of sp³-hybridized carbons (Fsp3) is 0.500. The highest BCUT2D eigenvalue weighted by molar-refractivity contribution is 7.90. The molecule has 1 N–H and O–H groups in total. The molecule has 104 valence electrons. The van der Waals surface area contributed by atoms with Crippen molar-refractivity contribution in [1.82, 2.24) is 4.72 Å². The molecule has 1 aromatic carbocycles. The van der Waals surface area contributed by atoms with Crippen molar-refractivity contribution in [3.8, 4) is 5.75 Å². The number of benzene rings is 1. The van der Waals surface area contributed by atoms with Crippen molar-refractivity contribution < 1.29 is 22.3 Å². The number of sulfonamides is 1. The van der Waals surface area contributed by atoms with E-state index in [-0.39, 0.29) is 13.2 Å². The van der Waals surface area contributed by atoms with Gasteiger partial charge in [0.1, 0.15) is 16.8 Å². The summed E-state index contributed by atoms with van der Waals surface area (Å²) >= 11 is 0. The molecule has 1 unspecified atom stereocenters. The molecule has 0 saturated carbocycles. The van der Waals surface area contributed by atoms with Crippen LogP contribution >= 0.6 is 0 Å². The van der Waals surface area contributed by atoms with Crippen molar-refractivity contribution in [2.45, 2.75) is 17.7 Å². The number of rotatable bonds is 3. The summed E-state index contributed by atoms with van der Waals surface area (Å²) in [6, 6.07) is 3.71. The lowest BCUT2D eigenvalue weighted by Crippen LogP contribution is -2.48. The van der Waals surface area contributed by atoms with Crippen LogP contribution in [0.15, 0.2) is 18.2 Å². The maximum absolute atomic E-state index is 13.3. The largest absolute Gasteiger partial charge is 0.493 e. The van der Waals surface area contributed by atoms with Crippen molar-refractivity contribution in [2.75, 3.05) is 19.8 Å². The molecule has 2 aliphatic heterocycles. The maximum Gasteiger partial charge on any atom is 0.219 e. The SMILES string of the molecule is O=S(=O)(NC1CCOc2ccc(F)cc21)C1COC1. The summed E-state index contributed by atoms with van der Waals surface area (Å²) in [7, 11) is -3.43. The first-order valence-electron chi connectivity index (χ1n) is 6.07. The lowest BCUT2D eigenvalue weighted by molar-refractivity contribution is 0.0409. The minimum absolute atomic E-state index is 0.217. The lowest BCUT2D eigenvalue weighted by atomic mass is 10.0. The zero-order valence-electron chi connectivity index (χ0n) is 10.1. The van der Waals surface area contributed by atoms with Gasteiger partial charge in [0.2, 0.25) is 10.0 Å². The van der Waals surface area contributed by atoms with Crippen LogP contribution < -0.4 is 9.46 Å². The van der Waals surface area contributed by atoms with Crippen LogP contribution in [-0.4, -0.2) is 33.5 Å². The molecule has 19 heavy (non-hydrogen) atoms. The zero-order chi connectivity index (χ0) is 13.5. The van der Waals surface area contributed by atoms with Gasteiger partial charge >= 0.3 is 0 Å². The third kappa shape index (κ3) is 2.45. The number of halogens is 1. The Bertz CT molecular complexity index is 585. The normalized spacial score (nSPS) is 23.3. The molecule has 1 aromatic rings. The molecule has 1 fully saturated rings. The van der Waals surface area contributed by atoms with Gasteiger partial charge in [-0.1, -0.05) is 0 Å². The Morgan fingerprint density at radius 2 is 2.11 bits per heavy atom. The highest BCUT2D eigenvalue weighted by Gasteiger charge is 2.35. The molecule has 2 heterocycles. The van der Waals surface area contributed by atoms with Crippen LogP contribution in [0.3, 0.4) is 0 Å². The second kappa shape index (κ2) is 4.73. The minimum atomic E-state index is -3.43. The third-order valence-corrected chi connectivity index (χ3v) is 5.13. The summed E-state index contributed by atoms with van der Waals surface area (Å²) in [6.45, 7) is 0.843. The molecule has 0 bridgehead atoms. The number of ether oxygens (including phenoxy) is 2. The monoisotopic (exact) mass is 287 g/mol. The van der Waals surface area contributed by atoms with Crippen LogP contribution in [0.5, 0.6) is 5.75 Å². The molecule has 1 atom stereocenters. The Balaban J connectivity index is 1.85. The van der Waals surface area contributed by atoms with Crippen LogP contribution in [0.25, 0.3) is 0 Å². The molecule has 7 heteroatoms. The fourth-order valence-corrected chi connectivity index (χ4v) is 3.56. The molecule has 0 aromatic heterocycles. The lowest BCUT2D eigenvalue weighted by Gasteiger charge is -2.31. The average Bonchev–Trinajstić information content (AvgIpc) is 2.26. The Labute approximate surface area is 110 Å². The van der Waals surface area contributed by atoms with E-state index in [9.17, 15) is 12.8 Å². The molecule has 5 nitrogen and oxygen atoms in total. The van der Waals surface area contributed by atoms with Gasteiger partial charge in [0.15, 0.2) is 0 Å². The molecular formula is C12H14FNO4S. The molecular weight excluding hydrogens is 273 g/mol. The van der Waals surface area contributed by atoms with Crippen molar-refractivity contribution >= 4 is 10.0 Å². The first-order chi connectivity index (χ1) is 9.06. The van der Waals surface area contributed by atoms with E-state index >= 15 is 0 Å². The van der Waals surface area contributed by atoms with Crippen LogP contribution in [0, 0.1) is 5.82 Å². The third-order valence-electron chi connectivity index (χ3n) is 3.36. The standard InChI is InChI=1S/C12H14FNO4S/c13-8-1-2-12-10(5-8)11(3-4-18-12)14-19(15,16)9-6-17-7-9/h1-2,5,9,11,14H,3-4,6-7H2. The van der Waals surface area contributed by atoms with Gasteiger partial charge < -0.3 is 9.47 Å². The van der Waals surface area contributed by atoms with Crippen LogP contribution in [-0.2, 0) is 14.8 Å². The minimum Gasteiger partial charge on any atom is -0.493 e. The molecule has 2 aliphatic rings. The summed E-state index contributed by atoms with van der Waals surface area (Å²) in [5, 5.41) is -0.507. The smallest absolute Gasteiger partial charge is 0.219 e. The number of hydrogen-bond donors (Lipinski definition) is 1. The van der Waals surface area contributed by atoms with E-state index in [2.05, 4.69) is 4.72 Å². The zero-order valence-corrected chi connectivity index (χ0v) is 11.0. The van der Waals surface area contributed by atoms with Gasteiger partial charge in [-0.25, -0.2) is 17.5 Å². The van der Waals surface area contributed by atoms with E-state index in [1.807, 2.05) is 0 Å². The molecule has 0 spiro atoms. The predicted molar refractivity (Wildman–Crippen MR) is 65.9 cm³/mol. The van der Waals surface area contributed by atoms with E-state index in [0.717, 1.165) is 0 Å². The molecule has 1 saturated heterocycles. The van der Waals surface area contributed by atoms with Crippen molar-refractivity contribution in [3.05, 3.63) is 29.6 Å². The summed E-state index contributed by atoms with van der Waals surface area (Å²) in [6.07, 6.45) is 0.489. The van der Waals surface area contributed by atoms with E-state index in [0.29, 0.717) is 24.3 Å². The van der Waals surface area contributed by atoms with Gasteiger partial charge in [0.05, 0.1) is 25.9 Å². The van der Waals surface area contributed by atoms with E-state index < -0.39 is 27.1 Å². The first kappa shape index (κ1) is 12.8. The summed E-state index contributed by atoms with van der Waals surface area (Å²) in [4.78, 5) is 0. The molecule has 0 radical (unpaired) electrons. The maximum atomic E-state index is 13.3. The van der Waals surface area contributed by atoms with E-state index in [1.165, 1.54) is 18.2 Å². The van der Waals surface area contributed by atoms with Crippen molar-refractivity contribution in [2.24, 2.45) is 0 Å². The summed E-state index contributed by atoms with van der Waals surface area (Å²) in [5.41, 5.74) is 0.551. The molecule has 0 aliphatic carbocycles. The van der Waals surface area contributed by atoms with Gasteiger partial charge in [0.25, 0.3) is 0 Å². The van der Waals surface area contributed by atoms with Gasteiger partial charge in [-0.05, 0) is 18.2 Å². The average molecular weight is 287 g/mol. The summed E-state index contributed by atoms with van der Waals surface area (Å²) in [5.74, 6) is 0.130. The van der Waals surface area contributed by atoms with Crippen molar-refractivity contribution in [3.63, 3.8) is 0 Å². The van der Waals surface area contributed by atoms with Crippen LogP contribution in [0.4, 0.5) is 4.39 Å².